The van der Waals surface area contributed by atoms with E-state index in [0.717, 1.165) is 25.2 Å². The van der Waals surface area contributed by atoms with Gasteiger partial charge in [0.05, 0.1) is 5.92 Å². The van der Waals surface area contributed by atoms with Crippen LogP contribution in [0.4, 0.5) is 0 Å². The Morgan fingerprint density at radius 2 is 2.08 bits per heavy atom. The highest BCUT2D eigenvalue weighted by atomic mass is 16.5. The lowest BCUT2D eigenvalue weighted by Crippen LogP contribution is -2.43. The van der Waals surface area contributed by atoms with E-state index in [0.29, 0.717) is 19.8 Å². The van der Waals surface area contributed by atoms with Gasteiger partial charge in [-0.3, -0.25) is 9.59 Å². The Bertz CT molecular complexity index is 594. The quantitative estimate of drug-likeness (QED) is 0.875. The van der Waals surface area contributed by atoms with Crippen molar-refractivity contribution in [3.8, 4) is 0 Å². The number of likely N-dealkylation sites (tertiary alicyclic amines) is 1. The van der Waals surface area contributed by atoms with Gasteiger partial charge in [-0.1, -0.05) is 0 Å². The fourth-order valence-electron chi connectivity index (χ4n) is 3.72. The smallest absolute Gasteiger partial charge is 0.226 e. The van der Waals surface area contributed by atoms with Crippen molar-refractivity contribution in [1.82, 2.24) is 19.8 Å². The molecule has 2 amide bonds. The Labute approximate surface area is 142 Å². The second-order valence-electron chi connectivity index (χ2n) is 6.40. The van der Waals surface area contributed by atoms with Gasteiger partial charge in [0.15, 0.2) is 0 Å². The maximum absolute atomic E-state index is 12.9. The number of hydrogen-bond donors (Lipinski definition) is 1. The minimum absolute atomic E-state index is 0.0280. The Balaban J connectivity index is 1.81. The van der Waals surface area contributed by atoms with Crippen molar-refractivity contribution in [3.63, 3.8) is 0 Å². The Morgan fingerprint density at radius 1 is 1.33 bits per heavy atom. The summed E-state index contributed by atoms with van der Waals surface area (Å²) < 4.78 is 7.36. The number of amides is 2. The number of imidazole rings is 1. The zero-order valence-corrected chi connectivity index (χ0v) is 14.4. The number of hydrogen-bond acceptors (Lipinski definition) is 4. The van der Waals surface area contributed by atoms with Crippen LogP contribution in [0.1, 0.15) is 45.0 Å². The summed E-state index contributed by atoms with van der Waals surface area (Å²) >= 11 is 0. The van der Waals surface area contributed by atoms with E-state index in [1.165, 1.54) is 0 Å². The number of carbonyl (C=O) groups is 2. The highest BCUT2D eigenvalue weighted by Gasteiger charge is 2.46. The van der Waals surface area contributed by atoms with E-state index in [2.05, 4.69) is 10.3 Å². The molecule has 3 rings (SSSR count). The van der Waals surface area contributed by atoms with Crippen LogP contribution in [0, 0.1) is 5.92 Å². The molecule has 0 saturated carbocycles. The monoisotopic (exact) mass is 334 g/mol. The fraction of sp³-hybridized carbons (Fsp3) is 0.706. The summed E-state index contributed by atoms with van der Waals surface area (Å²) in [5.41, 5.74) is 0. The summed E-state index contributed by atoms with van der Waals surface area (Å²) in [7, 11) is 0. The van der Waals surface area contributed by atoms with E-state index in [9.17, 15) is 9.59 Å². The van der Waals surface area contributed by atoms with Crippen LogP contribution >= 0.6 is 0 Å². The van der Waals surface area contributed by atoms with Gasteiger partial charge in [-0.15, -0.1) is 0 Å². The SMILES string of the molecule is CCN1C(=O)C[C@H](C(=O)NC2CCOCC2)[C@H]1c1nccn1CC. The third-order valence-electron chi connectivity index (χ3n) is 5.03. The molecule has 2 fully saturated rings. The van der Waals surface area contributed by atoms with E-state index >= 15 is 0 Å². The Morgan fingerprint density at radius 3 is 2.75 bits per heavy atom. The summed E-state index contributed by atoms with van der Waals surface area (Å²) in [5, 5.41) is 3.12. The van der Waals surface area contributed by atoms with Crippen molar-refractivity contribution < 1.29 is 14.3 Å². The maximum Gasteiger partial charge on any atom is 0.226 e. The van der Waals surface area contributed by atoms with Gasteiger partial charge in [-0.2, -0.15) is 0 Å². The van der Waals surface area contributed by atoms with Crippen molar-refractivity contribution in [2.75, 3.05) is 19.8 Å². The molecule has 2 atom stereocenters. The van der Waals surface area contributed by atoms with Gasteiger partial charge in [0.1, 0.15) is 11.9 Å². The molecule has 2 saturated heterocycles. The highest BCUT2D eigenvalue weighted by Crippen LogP contribution is 2.37. The maximum atomic E-state index is 12.9. The van der Waals surface area contributed by atoms with E-state index < -0.39 is 0 Å². The molecule has 2 aliphatic heterocycles. The molecule has 0 aliphatic carbocycles. The predicted molar refractivity (Wildman–Crippen MR) is 88.1 cm³/mol. The Kier molecular flexibility index (Phi) is 5.18. The molecule has 24 heavy (non-hydrogen) atoms. The fourth-order valence-corrected chi connectivity index (χ4v) is 3.72. The number of nitrogens with one attached hydrogen (secondary N) is 1. The first-order valence-corrected chi connectivity index (χ1v) is 8.84. The van der Waals surface area contributed by atoms with E-state index in [4.69, 9.17) is 4.74 Å². The average Bonchev–Trinajstić information content (AvgIpc) is 3.18. The van der Waals surface area contributed by atoms with Gasteiger partial charge >= 0.3 is 0 Å². The van der Waals surface area contributed by atoms with Gasteiger partial charge < -0.3 is 19.5 Å². The summed E-state index contributed by atoms with van der Waals surface area (Å²) in [5.74, 6) is 0.410. The molecule has 1 aromatic heterocycles. The molecule has 0 radical (unpaired) electrons. The summed E-state index contributed by atoms with van der Waals surface area (Å²) in [6.45, 7) is 6.70. The van der Waals surface area contributed by atoms with Crippen molar-refractivity contribution in [3.05, 3.63) is 18.2 Å². The zero-order valence-electron chi connectivity index (χ0n) is 14.4. The topological polar surface area (TPSA) is 76.5 Å². The number of nitrogens with zero attached hydrogens (tertiary/aromatic N) is 3. The normalized spacial score (nSPS) is 25.2. The van der Waals surface area contributed by atoms with E-state index in [1.54, 1.807) is 11.1 Å². The van der Waals surface area contributed by atoms with Crippen LogP contribution in [0.3, 0.4) is 0 Å². The van der Waals surface area contributed by atoms with Crippen molar-refractivity contribution in [2.24, 2.45) is 5.92 Å². The molecule has 0 bridgehead atoms. The summed E-state index contributed by atoms with van der Waals surface area (Å²) in [6, 6.07) is -0.138. The number of ether oxygens (including phenoxy) is 1. The first-order valence-electron chi connectivity index (χ1n) is 8.84. The van der Waals surface area contributed by atoms with Gasteiger partial charge in [-0.25, -0.2) is 4.98 Å². The third-order valence-corrected chi connectivity index (χ3v) is 5.03. The van der Waals surface area contributed by atoms with E-state index in [1.807, 2.05) is 24.6 Å². The first-order chi connectivity index (χ1) is 11.7. The molecule has 0 aromatic carbocycles. The summed E-state index contributed by atoms with van der Waals surface area (Å²) in [6.07, 6.45) is 5.56. The molecular weight excluding hydrogens is 308 g/mol. The molecule has 0 spiro atoms. The van der Waals surface area contributed by atoms with Crippen LogP contribution in [0.15, 0.2) is 12.4 Å². The average molecular weight is 334 g/mol. The van der Waals surface area contributed by atoms with Gasteiger partial charge in [-0.05, 0) is 26.7 Å². The number of carbonyl (C=O) groups excluding carboxylic acids is 2. The van der Waals surface area contributed by atoms with Crippen LogP contribution in [-0.4, -0.2) is 52.1 Å². The first kappa shape index (κ1) is 17.0. The molecule has 2 aliphatic rings. The van der Waals surface area contributed by atoms with Crippen LogP contribution < -0.4 is 5.32 Å². The Hall–Kier alpha value is -1.89. The lowest BCUT2D eigenvalue weighted by molar-refractivity contribution is -0.129. The van der Waals surface area contributed by atoms with Crippen molar-refractivity contribution in [2.45, 2.75) is 51.7 Å². The van der Waals surface area contributed by atoms with Crippen molar-refractivity contribution >= 4 is 11.8 Å². The lowest BCUT2D eigenvalue weighted by atomic mass is 9.97. The molecule has 1 aromatic rings. The molecule has 132 valence electrons. The molecule has 0 unspecified atom stereocenters. The molecule has 7 nitrogen and oxygen atoms in total. The van der Waals surface area contributed by atoms with Crippen molar-refractivity contribution in [1.29, 1.82) is 0 Å². The highest BCUT2D eigenvalue weighted by molar-refractivity contribution is 5.90. The second-order valence-corrected chi connectivity index (χ2v) is 6.40. The second kappa shape index (κ2) is 7.34. The molecular formula is C17H26N4O3. The third kappa shape index (κ3) is 3.17. The largest absolute Gasteiger partial charge is 0.381 e. The van der Waals surface area contributed by atoms with E-state index in [-0.39, 0.29) is 36.2 Å². The summed E-state index contributed by atoms with van der Waals surface area (Å²) in [4.78, 5) is 31.5. The minimum Gasteiger partial charge on any atom is -0.381 e. The van der Waals surface area contributed by atoms with Gasteiger partial charge in [0.2, 0.25) is 11.8 Å². The van der Waals surface area contributed by atoms with Crippen LogP contribution in [-0.2, 0) is 20.9 Å². The number of aryl methyl sites for hydroxylation is 1. The van der Waals surface area contributed by atoms with Gasteiger partial charge in [0.25, 0.3) is 0 Å². The number of aromatic nitrogens is 2. The standard InChI is InChI=1S/C17H26N4O3/c1-3-20-8-7-18-16(20)15-13(11-14(22)21(15)4-2)17(23)19-12-5-9-24-10-6-12/h7-8,12-13,15H,3-6,9-11H2,1-2H3,(H,19,23)/t13-,15-/m0/s1. The predicted octanol–water partition coefficient (Wildman–Crippen LogP) is 1.11. The van der Waals surface area contributed by atoms with Crippen LogP contribution in [0.5, 0.6) is 0 Å². The van der Waals surface area contributed by atoms with Crippen LogP contribution in [0.2, 0.25) is 0 Å². The molecule has 7 heteroatoms. The minimum atomic E-state index is -0.381. The lowest BCUT2D eigenvalue weighted by Gasteiger charge is -2.29. The molecule has 1 N–H and O–H groups in total. The molecule has 3 heterocycles. The zero-order chi connectivity index (χ0) is 17.1. The van der Waals surface area contributed by atoms with Gasteiger partial charge in [0, 0.05) is 51.2 Å². The van der Waals surface area contributed by atoms with Crippen LogP contribution in [0.25, 0.3) is 0 Å². The number of rotatable bonds is 5.